The Bertz CT molecular complexity index is 948. The number of ketones is 1. The van der Waals surface area contributed by atoms with Gasteiger partial charge >= 0.3 is 0 Å². The van der Waals surface area contributed by atoms with E-state index in [1.165, 1.54) is 36.3 Å². The molecule has 3 rings (SSSR count). The molecule has 7 heteroatoms. The van der Waals surface area contributed by atoms with Crippen molar-refractivity contribution in [2.45, 2.75) is 6.54 Å². The van der Waals surface area contributed by atoms with Crippen LogP contribution >= 0.6 is 11.3 Å². The summed E-state index contributed by atoms with van der Waals surface area (Å²) in [5, 5.41) is 6.23. The molecule has 0 saturated carbocycles. The fraction of sp³-hybridized carbons (Fsp3) is 0.167. The normalized spacial score (nSPS) is 10.5. The third-order valence-electron chi connectivity index (χ3n) is 3.64. The van der Waals surface area contributed by atoms with Crippen molar-refractivity contribution in [1.82, 2.24) is 9.78 Å². The fourth-order valence-electron chi connectivity index (χ4n) is 2.35. The van der Waals surface area contributed by atoms with Crippen LogP contribution in [-0.2, 0) is 6.54 Å². The monoisotopic (exact) mass is 356 g/mol. The Kier molecular flexibility index (Phi) is 4.95. The Morgan fingerprint density at radius 2 is 1.92 bits per heavy atom. The van der Waals surface area contributed by atoms with Crippen LogP contribution in [0.4, 0.5) is 0 Å². The van der Waals surface area contributed by atoms with Crippen LogP contribution in [0.2, 0.25) is 0 Å². The standard InChI is InChI=1S/C18H16N2O4S/c1-23-15-7-5-12(10-16(15)24-2)14(21)11-20-18(22)8-6-13(19-20)17-4-3-9-25-17/h3-10H,11H2,1-2H3. The molecule has 0 aliphatic carbocycles. The molecule has 6 nitrogen and oxygen atoms in total. The third-order valence-corrected chi connectivity index (χ3v) is 4.53. The molecule has 0 bridgehead atoms. The summed E-state index contributed by atoms with van der Waals surface area (Å²) >= 11 is 1.52. The summed E-state index contributed by atoms with van der Waals surface area (Å²) in [6, 6.07) is 11.8. The molecule has 0 aliphatic rings. The molecule has 0 aliphatic heterocycles. The maximum atomic E-state index is 12.5. The number of carbonyl (C=O) groups is 1. The van der Waals surface area contributed by atoms with Crippen LogP contribution in [0.15, 0.2) is 52.6 Å². The first kappa shape index (κ1) is 16.9. The molecule has 0 unspecified atom stereocenters. The molecule has 1 aromatic carbocycles. The first-order valence-electron chi connectivity index (χ1n) is 7.49. The largest absolute Gasteiger partial charge is 0.493 e. The molecule has 0 fully saturated rings. The van der Waals surface area contributed by atoms with E-state index in [0.717, 1.165) is 4.88 Å². The molecule has 0 radical (unpaired) electrons. The van der Waals surface area contributed by atoms with Crippen molar-refractivity contribution in [3.05, 3.63) is 63.8 Å². The van der Waals surface area contributed by atoms with Crippen molar-refractivity contribution in [2.75, 3.05) is 14.2 Å². The van der Waals surface area contributed by atoms with Gasteiger partial charge in [0.05, 0.1) is 19.1 Å². The van der Waals surface area contributed by atoms with Gasteiger partial charge < -0.3 is 9.47 Å². The minimum Gasteiger partial charge on any atom is -0.493 e. The Morgan fingerprint density at radius 1 is 1.12 bits per heavy atom. The van der Waals surface area contributed by atoms with Gasteiger partial charge in [0.15, 0.2) is 17.3 Å². The van der Waals surface area contributed by atoms with Gasteiger partial charge in [0.25, 0.3) is 5.56 Å². The highest BCUT2D eigenvalue weighted by molar-refractivity contribution is 7.13. The van der Waals surface area contributed by atoms with Crippen molar-refractivity contribution in [3.63, 3.8) is 0 Å². The summed E-state index contributed by atoms with van der Waals surface area (Å²) < 4.78 is 11.5. The van der Waals surface area contributed by atoms with Crippen molar-refractivity contribution in [1.29, 1.82) is 0 Å². The van der Waals surface area contributed by atoms with E-state index in [1.807, 2.05) is 17.5 Å². The highest BCUT2D eigenvalue weighted by Crippen LogP contribution is 2.27. The van der Waals surface area contributed by atoms with Crippen LogP contribution in [0.5, 0.6) is 11.5 Å². The van der Waals surface area contributed by atoms with Gasteiger partial charge in [0.2, 0.25) is 0 Å². The highest BCUT2D eigenvalue weighted by atomic mass is 32.1. The first-order valence-corrected chi connectivity index (χ1v) is 8.37. The number of nitrogens with zero attached hydrogens (tertiary/aromatic N) is 2. The second-order valence-corrected chi connectivity index (χ2v) is 6.13. The lowest BCUT2D eigenvalue weighted by atomic mass is 10.1. The number of aromatic nitrogens is 2. The van der Waals surface area contributed by atoms with Crippen LogP contribution in [-0.4, -0.2) is 29.8 Å². The van der Waals surface area contributed by atoms with Crippen LogP contribution in [0.3, 0.4) is 0 Å². The molecule has 0 atom stereocenters. The van der Waals surface area contributed by atoms with Gasteiger partial charge in [0, 0.05) is 11.6 Å². The predicted molar refractivity (Wildman–Crippen MR) is 95.7 cm³/mol. The van der Waals surface area contributed by atoms with E-state index in [0.29, 0.717) is 22.8 Å². The number of carbonyl (C=O) groups excluding carboxylic acids is 1. The SMILES string of the molecule is COc1ccc(C(=O)Cn2nc(-c3cccs3)ccc2=O)cc1OC. The summed E-state index contributed by atoms with van der Waals surface area (Å²) in [6.45, 7) is -0.145. The van der Waals surface area contributed by atoms with Crippen molar-refractivity contribution in [2.24, 2.45) is 0 Å². The zero-order chi connectivity index (χ0) is 17.8. The Morgan fingerprint density at radius 3 is 2.60 bits per heavy atom. The lowest BCUT2D eigenvalue weighted by Gasteiger charge is -2.10. The minimum absolute atomic E-state index is 0.145. The van der Waals surface area contributed by atoms with Crippen LogP contribution < -0.4 is 15.0 Å². The quantitative estimate of drug-likeness (QED) is 0.635. The summed E-state index contributed by atoms with van der Waals surface area (Å²) in [5.41, 5.74) is 0.761. The molecular formula is C18H16N2O4S. The second kappa shape index (κ2) is 7.31. The Labute approximate surface area is 148 Å². The fourth-order valence-corrected chi connectivity index (χ4v) is 3.05. The van der Waals surface area contributed by atoms with E-state index in [4.69, 9.17) is 9.47 Å². The van der Waals surface area contributed by atoms with Gasteiger partial charge in [-0.25, -0.2) is 4.68 Å². The Hall–Kier alpha value is -2.93. The van der Waals surface area contributed by atoms with Crippen LogP contribution in [0, 0.1) is 0 Å². The molecule has 2 aromatic heterocycles. The smallest absolute Gasteiger partial charge is 0.267 e. The minimum atomic E-state index is -0.325. The van der Waals surface area contributed by atoms with Gasteiger partial charge in [-0.15, -0.1) is 11.3 Å². The van der Waals surface area contributed by atoms with E-state index in [-0.39, 0.29) is 17.9 Å². The average Bonchev–Trinajstić information content (AvgIpc) is 3.17. The zero-order valence-electron chi connectivity index (χ0n) is 13.8. The molecule has 3 aromatic rings. The molecule has 0 saturated heterocycles. The molecule has 25 heavy (non-hydrogen) atoms. The van der Waals surface area contributed by atoms with Gasteiger partial charge in [-0.05, 0) is 35.7 Å². The number of methoxy groups -OCH3 is 2. The lowest BCUT2D eigenvalue weighted by Crippen LogP contribution is -2.26. The predicted octanol–water partition coefficient (Wildman–Crippen LogP) is 2.87. The third kappa shape index (κ3) is 3.61. The van der Waals surface area contributed by atoms with Crippen LogP contribution in [0.25, 0.3) is 10.6 Å². The topological polar surface area (TPSA) is 70.4 Å². The van der Waals surface area contributed by atoms with E-state index in [2.05, 4.69) is 5.10 Å². The van der Waals surface area contributed by atoms with E-state index >= 15 is 0 Å². The lowest BCUT2D eigenvalue weighted by molar-refractivity contribution is 0.0965. The number of ether oxygens (including phenoxy) is 2. The number of benzene rings is 1. The molecule has 0 spiro atoms. The maximum Gasteiger partial charge on any atom is 0.267 e. The number of hydrogen-bond donors (Lipinski definition) is 0. The number of hydrogen-bond acceptors (Lipinski definition) is 6. The molecule has 0 N–H and O–H groups in total. The average molecular weight is 356 g/mol. The molecule has 0 amide bonds. The highest BCUT2D eigenvalue weighted by Gasteiger charge is 2.13. The van der Waals surface area contributed by atoms with Crippen molar-refractivity contribution < 1.29 is 14.3 Å². The number of thiophene rings is 1. The Balaban J connectivity index is 1.88. The summed E-state index contributed by atoms with van der Waals surface area (Å²) in [7, 11) is 3.03. The maximum absolute atomic E-state index is 12.5. The van der Waals surface area contributed by atoms with E-state index in [9.17, 15) is 9.59 Å². The van der Waals surface area contributed by atoms with E-state index < -0.39 is 0 Å². The number of rotatable bonds is 6. The van der Waals surface area contributed by atoms with Gasteiger partial charge in [-0.2, -0.15) is 5.10 Å². The number of Topliss-reactive ketones (excluding diaryl/α,β-unsaturated/α-hetero) is 1. The van der Waals surface area contributed by atoms with Crippen molar-refractivity contribution >= 4 is 17.1 Å². The van der Waals surface area contributed by atoms with Gasteiger partial charge in [-0.1, -0.05) is 6.07 Å². The molecular weight excluding hydrogens is 340 g/mol. The second-order valence-electron chi connectivity index (χ2n) is 5.18. The summed E-state index contributed by atoms with van der Waals surface area (Å²) in [5.74, 6) is 0.758. The summed E-state index contributed by atoms with van der Waals surface area (Å²) in [4.78, 5) is 25.5. The first-order chi connectivity index (χ1) is 12.1. The van der Waals surface area contributed by atoms with Gasteiger partial charge in [-0.3, -0.25) is 9.59 Å². The zero-order valence-corrected chi connectivity index (χ0v) is 14.6. The summed E-state index contributed by atoms with van der Waals surface area (Å²) in [6.07, 6.45) is 0. The molecule has 128 valence electrons. The van der Waals surface area contributed by atoms with E-state index in [1.54, 1.807) is 24.3 Å². The van der Waals surface area contributed by atoms with Crippen molar-refractivity contribution in [3.8, 4) is 22.1 Å². The van der Waals surface area contributed by atoms with Gasteiger partial charge in [0.1, 0.15) is 12.2 Å². The van der Waals surface area contributed by atoms with Crippen LogP contribution in [0.1, 0.15) is 10.4 Å². The molecule has 2 heterocycles.